The zero-order valence-corrected chi connectivity index (χ0v) is 13.8. The number of anilines is 1. The molecular formula is C19H15F3N2O2. The molecule has 4 nitrogen and oxygen atoms in total. The maximum atomic E-state index is 13.1. The largest absolute Gasteiger partial charge is 0.480 e. The van der Waals surface area contributed by atoms with Gasteiger partial charge in [-0.2, -0.15) is 13.2 Å². The van der Waals surface area contributed by atoms with Crippen molar-refractivity contribution in [2.75, 3.05) is 12.4 Å². The van der Waals surface area contributed by atoms with Crippen molar-refractivity contribution in [2.45, 2.75) is 12.7 Å². The van der Waals surface area contributed by atoms with E-state index in [1.165, 1.54) is 7.11 Å². The summed E-state index contributed by atoms with van der Waals surface area (Å²) >= 11 is 0. The zero-order valence-electron chi connectivity index (χ0n) is 13.8. The van der Waals surface area contributed by atoms with Crippen LogP contribution in [0.3, 0.4) is 0 Å². The van der Waals surface area contributed by atoms with Gasteiger partial charge in [0.15, 0.2) is 0 Å². The monoisotopic (exact) mass is 360 g/mol. The van der Waals surface area contributed by atoms with E-state index in [1.807, 2.05) is 30.3 Å². The van der Waals surface area contributed by atoms with Crippen LogP contribution >= 0.6 is 0 Å². The van der Waals surface area contributed by atoms with E-state index in [-0.39, 0.29) is 18.1 Å². The van der Waals surface area contributed by atoms with Crippen LogP contribution in [0.1, 0.15) is 15.9 Å². The number of alkyl halides is 3. The van der Waals surface area contributed by atoms with E-state index < -0.39 is 17.5 Å². The third-order valence-electron chi connectivity index (χ3n) is 3.85. The maximum Gasteiger partial charge on any atom is 0.455 e. The van der Waals surface area contributed by atoms with Gasteiger partial charge < -0.3 is 10.1 Å². The lowest BCUT2D eigenvalue weighted by Crippen LogP contribution is -2.25. The highest BCUT2D eigenvalue weighted by molar-refractivity contribution is 6.12. The zero-order chi connectivity index (χ0) is 18.7. The average molecular weight is 360 g/mol. The molecule has 0 saturated heterocycles. The van der Waals surface area contributed by atoms with Crippen LogP contribution in [0.25, 0.3) is 10.9 Å². The molecule has 0 saturated carbocycles. The normalized spacial score (nSPS) is 11.4. The quantitative estimate of drug-likeness (QED) is 0.676. The Balaban J connectivity index is 2.17. The summed E-state index contributed by atoms with van der Waals surface area (Å²) in [5.41, 5.74) is 0.727. The molecule has 26 heavy (non-hydrogen) atoms. The highest BCUT2D eigenvalue weighted by atomic mass is 19.4. The van der Waals surface area contributed by atoms with Gasteiger partial charge in [-0.3, -0.25) is 4.79 Å². The van der Waals surface area contributed by atoms with Crippen molar-refractivity contribution < 1.29 is 22.7 Å². The fraction of sp³-hybridized carbons (Fsp3) is 0.158. The van der Waals surface area contributed by atoms with Gasteiger partial charge in [0.2, 0.25) is 5.88 Å². The van der Waals surface area contributed by atoms with Gasteiger partial charge in [-0.25, -0.2) is 4.98 Å². The van der Waals surface area contributed by atoms with E-state index in [0.717, 1.165) is 5.56 Å². The van der Waals surface area contributed by atoms with Crippen molar-refractivity contribution in [1.29, 1.82) is 0 Å². The molecule has 0 fully saturated rings. The lowest BCUT2D eigenvalue weighted by molar-refractivity contribution is -0.0886. The predicted octanol–water partition coefficient (Wildman–Crippen LogP) is 4.60. The highest BCUT2D eigenvalue weighted by Crippen LogP contribution is 2.37. The Morgan fingerprint density at radius 3 is 2.38 bits per heavy atom. The van der Waals surface area contributed by atoms with Crippen molar-refractivity contribution >= 4 is 22.4 Å². The Hall–Kier alpha value is -3.09. The van der Waals surface area contributed by atoms with Crippen molar-refractivity contribution in [2.24, 2.45) is 0 Å². The average Bonchev–Trinajstić information content (AvgIpc) is 2.64. The number of aromatic nitrogens is 1. The molecule has 0 aliphatic heterocycles. The standard InChI is InChI=1S/C19H15F3N2O2/c1-26-18-15(17(25)19(20,21)22)16(13-9-5-6-10-14(13)24-18)23-11-12-7-3-2-4-8-12/h2-10H,11H2,1H3,(H,23,24). The molecule has 0 aliphatic carbocycles. The van der Waals surface area contributed by atoms with Crippen LogP contribution in [0, 0.1) is 0 Å². The second-order valence-corrected chi connectivity index (χ2v) is 5.55. The molecule has 0 amide bonds. The van der Waals surface area contributed by atoms with Crippen LogP contribution in [0.2, 0.25) is 0 Å². The molecule has 2 aromatic carbocycles. The predicted molar refractivity (Wildman–Crippen MR) is 92.4 cm³/mol. The number of hydrogen-bond acceptors (Lipinski definition) is 4. The maximum absolute atomic E-state index is 13.1. The van der Waals surface area contributed by atoms with E-state index in [2.05, 4.69) is 10.3 Å². The first-order chi connectivity index (χ1) is 12.4. The summed E-state index contributed by atoms with van der Waals surface area (Å²) in [6.45, 7) is 0.246. The van der Waals surface area contributed by atoms with Crippen LogP contribution in [-0.2, 0) is 6.54 Å². The van der Waals surface area contributed by atoms with Crippen LogP contribution in [-0.4, -0.2) is 24.1 Å². The van der Waals surface area contributed by atoms with Crippen molar-refractivity contribution in [3.63, 3.8) is 0 Å². The lowest BCUT2D eigenvalue weighted by Gasteiger charge is -2.18. The number of para-hydroxylation sites is 1. The minimum absolute atomic E-state index is 0.0543. The van der Waals surface area contributed by atoms with E-state index in [0.29, 0.717) is 10.9 Å². The lowest BCUT2D eigenvalue weighted by atomic mass is 10.0. The SMILES string of the molecule is COc1nc2ccccc2c(NCc2ccccc2)c1C(=O)C(F)(F)F. The molecule has 0 radical (unpaired) electrons. The number of nitrogens with zero attached hydrogens (tertiary/aromatic N) is 1. The van der Waals surface area contributed by atoms with Crippen molar-refractivity contribution in [3.8, 4) is 5.88 Å². The molecule has 7 heteroatoms. The molecular weight excluding hydrogens is 345 g/mol. The molecule has 3 rings (SSSR count). The van der Waals surface area contributed by atoms with Crippen molar-refractivity contribution in [3.05, 3.63) is 65.7 Å². The summed E-state index contributed by atoms with van der Waals surface area (Å²) in [5.74, 6) is -2.36. The Kier molecular flexibility index (Phi) is 4.79. The molecule has 0 unspecified atom stereocenters. The molecule has 0 spiro atoms. The summed E-state index contributed by atoms with van der Waals surface area (Å²) in [5, 5.41) is 3.37. The number of benzene rings is 2. The van der Waals surface area contributed by atoms with Gasteiger partial charge in [0, 0.05) is 11.9 Å². The molecule has 0 atom stereocenters. The summed E-state index contributed by atoms with van der Waals surface area (Å²) in [6.07, 6.45) is -5.04. The van der Waals surface area contributed by atoms with Gasteiger partial charge in [-0.15, -0.1) is 0 Å². The Morgan fingerprint density at radius 2 is 1.73 bits per heavy atom. The third-order valence-corrected chi connectivity index (χ3v) is 3.85. The number of methoxy groups -OCH3 is 1. The first kappa shape index (κ1) is 17.7. The highest BCUT2D eigenvalue weighted by Gasteiger charge is 2.43. The van der Waals surface area contributed by atoms with Crippen molar-refractivity contribution in [1.82, 2.24) is 4.98 Å². The van der Waals surface area contributed by atoms with Crippen LogP contribution in [0.4, 0.5) is 18.9 Å². The first-order valence-corrected chi connectivity index (χ1v) is 7.78. The van der Waals surface area contributed by atoms with E-state index in [9.17, 15) is 18.0 Å². The second-order valence-electron chi connectivity index (χ2n) is 5.55. The third kappa shape index (κ3) is 3.46. The number of carbonyl (C=O) groups is 1. The molecule has 134 valence electrons. The summed E-state index contributed by atoms with van der Waals surface area (Å²) in [4.78, 5) is 16.1. The summed E-state index contributed by atoms with van der Waals surface area (Å²) in [6, 6.07) is 15.8. The smallest absolute Gasteiger partial charge is 0.455 e. The number of ketones is 1. The number of halogens is 3. The van der Waals surface area contributed by atoms with E-state index in [4.69, 9.17) is 4.74 Å². The topological polar surface area (TPSA) is 51.2 Å². The van der Waals surface area contributed by atoms with Gasteiger partial charge in [0.1, 0.15) is 5.56 Å². The Morgan fingerprint density at radius 1 is 1.08 bits per heavy atom. The number of ether oxygens (including phenoxy) is 1. The van der Waals surface area contributed by atoms with Gasteiger partial charge in [-0.05, 0) is 11.6 Å². The fourth-order valence-electron chi connectivity index (χ4n) is 2.66. The van der Waals surface area contributed by atoms with Crippen LogP contribution in [0.15, 0.2) is 54.6 Å². The number of pyridine rings is 1. The van der Waals surface area contributed by atoms with Gasteiger partial charge in [0.05, 0.1) is 18.3 Å². The van der Waals surface area contributed by atoms with E-state index >= 15 is 0 Å². The van der Waals surface area contributed by atoms with E-state index in [1.54, 1.807) is 24.3 Å². The van der Waals surface area contributed by atoms with Crippen LogP contribution < -0.4 is 10.1 Å². The molecule has 1 N–H and O–H groups in total. The minimum atomic E-state index is -5.04. The molecule has 3 aromatic rings. The number of nitrogens with one attached hydrogen (secondary N) is 1. The number of carbonyl (C=O) groups excluding carboxylic acids is 1. The minimum Gasteiger partial charge on any atom is -0.480 e. The van der Waals surface area contributed by atoms with Gasteiger partial charge in [0.25, 0.3) is 5.78 Å². The molecule has 1 heterocycles. The molecule has 0 aliphatic rings. The second kappa shape index (κ2) is 7.03. The number of Topliss-reactive ketones (excluding diaryl/α,β-unsaturated/α-hetero) is 1. The molecule has 1 aromatic heterocycles. The Labute approximate surface area is 147 Å². The first-order valence-electron chi connectivity index (χ1n) is 7.78. The number of rotatable bonds is 5. The summed E-state index contributed by atoms with van der Waals surface area (Å²) < 4.78 is 44.4. The van der Waals surface area contributed by atoms with Gasteiger partial charge in [-0.1, -0.05) is 48.5 Å². The Bertz CT molecular complexity index is 941. The fourth-order valence-corrected chi connectivity index (χ4v) is 2.66. The number of fused-ring (bicyclic) bond motifs is 1. The van der Waals surface area contributed by atoms with Gasteiger partial charge >= 0.3 is 6.18 Å². The number of hydrogen-bond donors (Lipinski definition) is 1. The summed E-state index contributed by atoms with van der Waals surface area (Å²) in [7, 11) is 1.19. The van der Waals surface area contributed by atoms with Crippen LogP contribution in [0.5, 0.6) is 5.88 Å². The molecule has 0 bridgehead atoms.